The minimum absolute atomic E-state index is 0. The number of aliphatic imine (C=N–C) groups is 1. The molecule has 0 heterocycles. The van der Waals surface area contributed by atoms with Crippen molar-refractivity contribution < 1.29 is 4.79 Å². The number of hydrogen-bond donors (Lipinski definition) is 2. The highest BCUT2D eigenvalue weighted by molar-refractivity contribution is 14.0. The van der Waals surface area contributed by atoms with Crippen molar-refractivity contribution in [2.24, 2.45) is 10.4 Å². The fraction of sp³-hybridized carbons (Fsp3) is 0.600. The van der Waals surface area contributed by atoms with Crippen LogP contribution in [0.15, 0.2) is 29.3 Å². The molecule has 6 nitrogen and oxygen atoms in total. The van der Waals surface area contributed by atoms with Crippen LogP contribution in [0.3, 0.4) is 0 Å². The molecule has 152 valence electrons. The summed E-state index contributed by atoms with van der Waals surface area (Å²) in [4.78, 5) is 20.8. The van der Waals surface area contributed by atoms with Crippen molar-refractivity contribution in [3.8, 4) is 0 Å². The molecule has 1 aliphatic carbocycles. The maximum Gasteiger partial charge on any atom is 0.230 e. The van der Waals surface area contributed by atoms with Crippen molar-refractivity contribution in [1.82, 2.24) is 15.5 Å². The summed E-state index contributed by atoms with van der Waals surface area (Å²) in [6.45, 7) is 1.32. The Kier molecular flexibility index (Phi) is 9.35. The van der Waals surface area contributed by atoms with E-state index < -0.39 is 0 Å². The first-order valence-corrected chi connectivity index (χ1v) is 9.30. The zero-order valence-corrected chi connectivity index (χ0v) is 19.5. The highest BCUT2D eigenvalue weighted by Crippen LogP contribution is 2.38. The average Bonchev–Trinajstić information content (AvgIpc) is 3.11. The van der Waals surface area contributed by atoms with E-state index in [1.54, 1.807) is 11.9 Å². The molecule has 1 aromatic rings. The molecule has 1 aromatic carbocycles. The van der Waals surface area contributed by atoms with Crippen LogP contribution in [-0.2, 0) is 11.3 Å². The van der Waals surface area contributed by atoms with E-state index in [-0.39, 0.29) is 35.3 Å². The molecule has 1 aliphatic rings. The summed E-state index contributed by atoms with van der Waals surface area (Å²) in [5.74, 6) is 0.953. The average molecular weight is 487 g/mol. The molecule has 0 aliphatic heterocycles. The smallest absolute Gasteiger partial charge is 0.230 e. The largest absolute Gasteiger partial charge is 0.378 e. The van der Waals surface area contributed by atoms with Crippen LogP contribution in [0.5, 0.6) is 0 Å². The van der Waals surface area contributed by atoms with Gasteiger partial charge in [-0.2, -0.15) is 0 Å². The first-order chi connectivity index (χ1) is 12.4. The van der Waals surface area contributed by atoms with Gasteiger partial charge in [0.2, 0.25) is 5.91 Å². The minimum Gasteiger partial charge on any atom is -0.378 e. The third-order valence-corrected chi connectivity index (χ3v) is 5.13. The molecule has 0 bridgehead atoms. The van der Waals surface area contributed by atoms with E-state index in [2.05, 4.69) is 44.8 Å². The quantitative estimate of drug-likeness (QED) is 0.368. The normalized spacial score (nSPS) is 15.7. The highest BCUT2D eigenvalue weighted by Gasteiger charge is 2.42. The molecule has 0 radical (unpaired) electrons. The van der Waals surface area contributed by atoms with E-state index in [1.807, 2.05) is 28.2 Å². The number of guanidine groups is 1. The number of halogens is 1. The van der Waals surface area contributed by atoms with Gasteiger partial charge in [-0.05, 0) is 30.5 Å². The van der Waals surface area contributed by atoms with Gasteiger partial charge in [-0.15, -0.1) is 24.0 Å². The van der Waals surface area contributed by atoms with Crippen LogP contribution in [0.1, 0.15) is 31.2 Å². The number of nitrogens with one attached hydrogen (secondary N) is 2. The van der Waals surface area contributed by atoms with E-state index in [0.29, 0.717) is 13.1 Å². The zero-order chi connectivity index (χ0) is 19.2. The first-order valence-electron chi connectivity index (χ1n) is 9.30. The lowest BCUT2D eigenvalue weighted by Gasteiger charge is -2.31. The molecule has 0 unspecified atom stereocenters. The molecular weight excluding hydrogens is 453 g/mol. The second-order valence-corrected chi connectivity index (χ2v) is 7.53. The molecule has 0 spiro atoms. The highest BCUT2D eigenvalue weighted by atomic mass is 127. The van der Waals surface area contributed by atoms with Gasteiger partial charge in [0.15, 0.2) is 5.96 Å². The van der Waals surface area contributed by atoms with Gasteiger partial charge in [-0.25, -0.2) is 0 Å². The third kappa shape index (κ3) is 6.26. The van der Waals surface area contributed by atoms with Gasteiger partial charge in [0.05, 0.1) is 5.41 Å². The molecule has 1 saturated carbocycles. The Morgan fingerprint density at radius 3 is 2.37 bits per heavy atom. The maximum atomic E-state index is 12.7. The van der Waals surface area contributed by atoms with Crippen molar-refractivity contribution in [3.05, 3.63) is 29.8 Å². The van der Waals surface area contributed by atoms with Crippen LogP contribution in [0.25, 0.3) is 0 Å². The van der Waals surface area contributed by atoms with Gasteiger partial charge in [0, 0.05) is 54.0 Å². The number of amides is 1. The van der Waals surface area contributed by atoms with Gasteiger partial charge < -0.3 is 20.4 Å². The van der Waals surface area contributed by atoms with Crippen molar-refractivity contribution >= 4 is 41.5 Å². The van der Waals surface area contributed by atoms with Crippen LogP contribution in [0, 0.1) is 5.41 Å². The van der Waals surface area contributed by atoms with Gasteiger partial charge in [-0.3, -0.25) is 9.79 Å². The Morgan fingerprint density at radius 2 is 1.81 bits per heavy atom. The van der Waals surface area contributed by atoms with E-state index in [1.165, 1.54) is 11.3 Å². The third-order valence-electron chi connectivity index (χ3n) is 5.13. The van der Waals surface area contributed by atoms with Crippen LogP contribution in [0.4, 0.5) is 5.69 Å². The van der Waals surface area contributed by atoms with Gasteiger partial charge in [-0.1, -0.05) is 25.0 Å². The number of nitrogens with zero attached hydrogens (tertiary/aromatic N) is 3. The molecule has 1 amide bonds. The van der Waals surface area contributed by atoms with E-state index >= 15 is 0 Å². The summed E-state index contributed by atoms with van der Waals surface area (Å²) in [5, 5.41) is 6.73. The summed E-state index contributed by atoms with van der Waals surface area (Å²) in [5.41, 5.74) is 2.07. The van der Waals surface area contributed by atoms with Crippen molar-refractivity contribution in [2.75, 3.05) is 46.7 Å². The molecule has 7 heteroatoms. The molecular formula is C20H34IN5O. The van der Waals surface area contributed by atoms with E-state index in [4.69, 9.17) is 0 Å². The number of hydrogen-bond acceptors (Lipinski definition) is 3. The number of carbonyl (C=O) groups is 1. The molecule has 0 atom stereocenters. The Balaban J connectivity index is 0.00000364. The molecule has 2 rings (SSSR count). The van der Waals surface area contributed by atoms with Gasteiger partial charge >= 0.3 is 0 Å². The number of rotatable bonds is 6. The van der Waals surface area contributed by atoms with Gasteiger partial charge in [0.1, 0.15) is 0 Å². The van der Waals surface area contributed by atoms with E-state index in [9.17, 15) is 4.79 Å². The standard InChI is InChI=1S/C20H33N5O.HI/c1-21-19(22-14-16-9-8-10-17(13-16)24(2)3)23-15-20(11-6-7-12-20)18(26)25(4)5;/h8-10,13H,6-7,11-12,14-15H2,1-5H3,(H2,21,22,23);1H. The topological polar surface area (TPSA) is 60.0 Å². The maximum absolute atomic E-state index is 12.7. The number of benzene rings is 1. The van der Waals surface area contributed by atoms with Crippen molar-refractivity contribution in [2.45, 2.75) is 32.2 Å². The zero-order valence-electron chi connectivity index (χ0n) is 17.2. The molecule has 2 N–H and O–H groups in total. The fourth-order valence-electron chi connectivity index (χ4n) is 3.60. The SMILES string of the molecule is CN=C(NCc1cccc(N(C)C)c1)NCC1(C(=O)N(C)C)CCCC1.I. The van der Waals surface area contributed by atoms with Crippen LogP contribution < -0.4 is 15.5 Å². The van der Waals surface area contributed by atoms with E-state index in [0.717, 1.165) is 31.6 Å². The first kappa shape index (κ1) is 23.5. The summed E-state index contributed by atoms with van der Waals surface area (Å²) >= 11 is 0. The summed E-state index contributed by atoms with van der Waals surface area (Å²) < 4.78 is 0. The second kappa shape index (κ2) is 10.7. The Labute approximate surface area is 180 Å². The summed E-state index contributed by atoms with van der Waals surface area (Å²) in [6.07, 6.45) is 4.12. The predicted octanol–water partition coefficient (Wildman–Crippen LogP) is 2.68. The molecule has 0 saturated heterocycles. The summed E-state index contributed by atoms with van der Waals surface area (Å²) in [7, 11) is 9.52. The minimum atomic E-state index is -0.300. The van der Waals surface area contributed by atoms with Crippen molar-refractivity contribution in [3.63, 3.8) is 0 Å². The molecule has 27 heavy (non-hydrogen) atoms. The lowest BCUT2D eigenvalue weighted by Crippen LogP contribution is -2.49. The Morgan fingerprint density at radius 1 is 1.15 bits per heavy atom. The Hall–Kier alpha value is -1.51. The fourth-order valence-corrected chi connectivity index (χ4v) is 3.60. The monoisotopic (exact) mass is 487 g/mol. The van der Waals surface area contributed by atoms with Crippen molar-refractivity contribution in [1.29, 1.82) is 0 Å². The van der Waals surface area contributed by atoms with Crippen LogP contribution in [0.2, 0.25) is 0 Å². The molecule has 1 fully saturated rings. The lowest BCUT2D eigenvalue weighted by molar-refractivity contribution is -0.138. The molecule has 0 aromatic heterocycles. The Bertz CT molecular complexity index is 639. The van der Waals surface area contributed by atoms with Gasteiger partial charge in [0.25, 0.3) is 0 Å². The lowest BCUT2D eigenvalue weighted by atomic mass is 9.84. The number of carbonyl (C=O) groups excluding carboxylic acids is 1. The van der Waals surface area contributed by atoms with Crippen LogP contribution in [-0.4, -0.2) is 58.5 Å². The predicted molar refractivity (Wildman–Crippen MR) is 124 cm³/mol. The van der Waals surface area contributed by atoms with Crippen LogP contribution >= 0.6 is 24.0 Å². The number of anilines is 1. The second-order valence-electron chi connectivity index (χ2n) is 7.53. The summed E-state index contributed by atoms with van der Waals surface area (Å²) in [6, 6.07) is 8.41.